The molecule has 0 aliphatic rings. The predicted octanol–water partition coefficient (Wildman–Crippen LogP) is -0.207. The van der Waals surface area contributed by atoms with Gasteiger partial charge < -0.3 is 19.6 Å². The number of hydrogen-bond donors (Lipinski definition) is 2. The molecule has 0 bridgehead atoms. The minimum atomic E-state index is -1.53. The molecule has 1 aromatic heterocycles. The summed E-state index contributed by atoms with van der Waals surface area (Å²) in [6.45, 7) is 1.77. The third-order valence-corrected chi connectivity index (χ3v) is 1.77. The summed E-state index contributed by atoms with van der Waals surface area (Å²) in [7, 11) is 1.21. The van der Waals surface area contributed by atoms with E-state index in [0.717, 1.165) is 0 Å². The van der Waals surface area contributed by atoms with Gasteiger partial charge in [0.05, 0.1) is 19.9 Å². The van der Waals surface area contributed by atoms with Gasteiger partial charge in [0.15, 0.2) is 0 Å². The SMILES string of the molecule is CCOC(=O)C(O)c1ncc(C(=O)OC)[nH]1. The minimum Gasteiger partial charge on any atom is -0.464 e. The number of aromatic amines is 1. The lowest BCUT2D eigenvalue weighted by molar-refractivity contribution is -0.153. The lowest BCUT2D eigenvalue weighted by Crippen LogP contribution is -2.16. The zero-order chi connectivity index (χ0) is 12.1. The Hall–Kier alpha value is -1.89. The summed E-state index contributed by atoms with van der Waals surface area (Å²) in [6, 6.07) is 0. The van der Waals surface area contributed by atoms with Crippen LogP contribution in [0.5, 0.6) is 0 Å². The fourth-order valence-corrected chi connectivity index (χ4v) is 1.02. The Bertz CT molecular complexity index is 387. The van der Waals surface area contributed by atoms with Gasteiger partial charge in [0, 0.05) is 0 Å². The first-order chi connectivity index (χ1) is 7.60. The molecule has 0 radical (unpaired) electrons. The van der Waals surface area contributed by atoms with Crippen molar-refractivity contribution in [2.75, 3.05) is 13.7 Å². The molecule has 1 atom stereocenters. The number of aromatic nitrogens is 2. The second kappa shape index (κ2) is 5.26. The summed E-state index contributed by atoms with van der Waals surface area (Å²) in [5.41, 5.74) is 0.0563. The first-order valence-corrected chi connectivity index (χ1v) is 4.58. The van der Waals surface area contributed by atoms with Crippen LogP contribution in [0.25, 0.3) is 0 Å². The molecule has 0 fully saturated rings. The molecule has 1 unspecified atom stereocenters. The molecular formula is C9H12N2O5. The quantitative estimate of drug-likeness (QED) is 0.691. The van der Waals surface area contributed by atoms with Crippen molar-refractivity contribution in [2.45, 2.75) is 13.0 Å². The van der Waals surface area contributed by atoms with Gasteiger partial charge in [-0.3, -0.25) is 0 Å². The first kappa shape index (κ1) is 12.2. The molecule has 0 saturated carbocycles. The van der Waals surface area contributed by atoms with Crippen LogP contribution in [0, 0.1) is 0 Å². The fourth-order valence-electron chi connectivity index (χ4n) is 1.02. The molecule has 1 rings (SSSR count). The summed E-state index contributed by atoms with van der Waals surface area (Å²) in [6.07, 6.45) is -0.359. The highest BCUT2D eigenvalue weighted by Crippen LogP contribution is 2.11. The van der Waals surface area contributed by atoms with Crippen molar-refractivity contribution in [1.82, 2.24) is 9.97 Å². The Morgan fingerprint density at radius 2 is 2.31 bits per heavy atom. The number of imidazole rings is 1. The number of H-pyrrole nitrogens is 1. The van der Waals surface area contributed by atoms with Crippen LogP contribution in [0.1, 0.15) is 29.3 Å². The van der Waals surface area contributed by atoms with E-state index in [1.54, 1.807) is 6.92 Å². The maximum absolute atomic E-state index is 11.1. The molecule has 7 heteroatoms. The van der Waals surface area contributed by atoms with Gasteiger partial charge in [-0.2, -0.15) is 0 Å². The van der Waals surface area contributed by atoms with E-state index in [4.69, 9.17) is 0 Å². The zero-order valence-electron chi connectivity index (χ0n) is 8.89. The molecule has 0 amide bonds. The van der Waals surface area contributed by atoms with Crippen LogP contribution in [-0.4, -0.2) is 40.7 Å². The monoisotopic (exact) mass is 228 g/mol. The molecule has 1 heterocycles. The second-order valence-corrected chi connectivity index (χ2v) is 2.83. The van der Waals surface area contributed by atoms with E-state index in [1.165, 1.54) is 13.3 Å². The van der Waals surface area contributed by atoms with Crippen molar-refractivity contribution in [3.8, 4) is 0 Å². The molecule has 7 nitrogen and oxygen atoms in total. The van der Waals surface area contributed by atoms with Gasteiger partial charge in [-0.1, -0.05) is 0 Å². The highest BCUT2D eigenvalue weighted by molar-refractivity contribution is 5.87. The van der Waals surface area contributed by atoms with E-state index in [0.29, 0.717) is 0 Å². The van der Waals surface area contributed by atoms with E-state index in [2.05, 4.69) is 19.4 Å². The molecule has 0 aliphatic heterocycles. The number of hydrogen-bond acceptors (Lipinski definition) is 6. The third kappa shape index (κ3) is 2.57. The largest absolute Gasteiger partial charge is 0.464 e. The van der Waals surface area contributed by atoms with Crippen LogP contribution >= 0.6 is 0 Å². The Labute approximate surface area is 91.4 Å². The maximum Gasteiger partial charge on any atom is 0.356 e. The van der Waals surface area contributed by atoms with E-state index in [1.807, 2.05) is 0 Å². The highest BCUT2D eigenvalue weighted by Gasteiger charge is 2.23. The van der Waals surface area contributed by atoms with Crippen molar-refractivity contribution in [1.29, 1.82) is 0 Å². The molecule has 0 aliphatic carbocycles. The Balaban J connectivity index is 2.77. The highest BCUT2D eigenvalue weighted by atomic mass is 16.5. The molecular weight excluding hydrogens is 216 g/mol. The van der Waals surface area contributed by atoms with E-state index >= 15 is 0 Å². The molecule has 16 heavy (non-hydrogen) atoms. The number of nitrogens with zero attached hydrogens (tertiary/aromatic N) is 1. The van der Waals surface area contributed by atoms with Crippen LogP contribution in [-0.2, 0) is 14.3 Å². The molecule has 1 aromatic rings. The lowest BCUT2D eigenvalue weighted by atomic mass is 10.3. The minimum absolute atomic E-state index is 0.0563. The Kier molecular flexibility index (Phi) is 4.01. The topological polar surface area (TPSA) is 102 Å². The summed E-state index contributed by atoms with van der Waals surface area (Å²) in [5, 5.41) is 9.47. The summed E-state index contributed by atoms with van der Waals surface area (Å²) in [5.74, 6) is -1.51. The van der Waals surface area contributed by atoms with Gasteiger partial charge in [0.25, 0.3) is 0 Å². The average Bonchev–Trinajstić information content (AvgIpc) is 2.76. The van der Waals surface area contributed by atoms with Gasteiger partial charge in [-0.15, -0.1) is 0 Å². The summed E-state index contributed by atoms with van der Waals surface area (Å²) >= 11 is 0. The number of aliphatic hydroxyl groups excluding tert-OH is 1. The van der Waals surface area contributed by atoms with Gasteiger partial charge in [-0.05, 0) is 6.92 Å². The van der Waals surface area contributed by atoms with Gasteiger partial charge >= 0.3 is 11.9 Å². The van der Waals surface area contributed by atoms with Crippen molar-refractivity contribution in [3.63, 3.8) is 0 Å². The number of nitrogens with one attached hydrogen (secondary N) is 1. The van der Waals surface area contributed by atoms with Crippen molar-refractivity contribution in [3.05, 3.63) is 17.7 Å². The first-order valence-electron chi connectivity index (χ1n) is 4.58. The van der Waals surface area contributed by atoms with E-state index < -0.39 is 18.0 Å². The predicted molar refractivity (Wildman–Crippen MR) is 51.5 cm³/mol. The van der Waals surface area contributed by atoms with Crippen LogP contribution in [0.3, 0.4) is 0 Å². The van der Waals surface area contributed by atoms with E-state index in [9.17, 15) is 14.7 Å². The van der Waals surface area contributed by atoms with Gasteiger partial charge in [0.2, 0.25) is 6.10 Å². The van der Waals surface area contributed by atoms with Crippen LogP contribution < -0.4 is 0 Å². The smallest absolute Gasteiger partial charge is 0.356 e. The van der Waals surface area contributed by atoms with Crippen molar-refractivity contribution < 1.29 is 24.2 Å². The normalized spacial score (nSPS) is 11.9. The standard InChI is InChI=1S/C9H12N2O5/c1-3-16-9(14)6(12)7-10-4-5(11-7)8(13)15-2/h4,6,12H,3H2,1-2H3,(H,10,11). The number of carbonyl (C=O) groups excluding carboxylic acids is 2. The van der Waals surface area contributed by atoms with E-state index in [-0.39, 0.29) is 18.1 Å². The molecule has 0 aromatic carbocycles. The number of methoxy groups -OCH3 is 1. The van der Waals surface area contributed by atoms with Crippen molar-refractivity contribution in [2.24, 2.45) is 0 Å². The maximum atomic E-state index is 11.1. The molecule has 0 spiro atoms. The van der Waals surface area contributed by atoms with Crippen molar-refractivity contribution >= 4 is 11.9 Å². The lowest BCUT2D eigenvalue weighted by Gasteiger charge is -2.06. The molecule has 88 valence electrons. The van der Waals surface area contributed by atoms with Crippen LogP contribution in [0.2, 0.25) is 0 Å². The number of rotatable bonds is 4. The molecule has 2 N–H and O–H groups in total. The number of aliphatic hydroxyl groups is 1. The summed E-state index contributed by atoms with van der Waals surface area (Å²) < 4.78 is 9.02. The third-order valence-electron chi connectivity index (χ3n) is 1.77. The number of esters is 2. The Morgan fingerprint density at radius 1 is 1.62 bits per heavy atom. The van der Waals surface area contributed by atoms with Gasteiger partial charge in [0.1, 0.15) is 11.5 Å². The van der Waals surface area contributed by atoms with Crippen LogP contribution in [0.4, 0.5) is 0 Å². The second-order valence-electron chi connectivity index (χ2n) is 2.83. The number of ether oxygens (including phenoxy) is 2. The van der Waals surface area contributed by atoms with Gasteiger partial charge in [-0.25, -0.2) is 14.6 Å². The molecule has 0 saturated heterocycles. The average molecular weight is 228 g/mol. The fraction of sp³-hybridized carbons (Fsp3) is 0.444. The summed E-state index contributed by atoms with van der Waals surface area (Å²) in [4.78, 5) is 28.3. The zero-order valence-corrected chi connectivity index (χ0v) is 8.89. The number of carbonyl (C=O) groups is 2. The Morgan fingerprint density at radius 3 is 2.88 bits per heavy atom. The van der Waals surface area contributed by atoms with Crippen LogP contribution in [0.15, 0.2) is 6.20 Å².